The van der Waals surface area contributed by atoms with E-state index in [1.54, 1.807) is 29.2 Å². The maximum Gasteiger partial charge on any atom is 0.231 e. The first-order chi connectivity index (χ1) is 10.9. The highest BCUT2D eigenvalue weighted by Gasteiger charge is 2.22. The van der Waals surface area contributed by atoms with Gasteiger partial charge in [0, 0.05) is 23.4 Å². The molecule has 0 radical (unpaired) electrons. The predicted molar refractivity (Wildman–Crippen MR) is 94.2 cm³/mol. The SMILES string of the molecule is Cc1cc(Br)cc(C)c1N(C(=O)CCC=O)c1cccc(O)c1. The second-order valence-corrected chi connectivity index (χ2v) is 6.26. The number of carbonyl (C=O) groups excluding carboxylic acids is 2. The summed E-state index contributed by atoms with van der Waals surface area (Å²) in [6.45, 7) is 3.85. The largest absolute Gasteiger partial charge is 0.508 e. The van der Waals surface area contributed by atoms with Gasteiger partial charge in [0.05, 0.1) is 11.4 Å². The Balaban J connectivity index is 2.58. The van der Waals surface area contributed by atoms with Gasteiger partial charge in [-0.1, -0.05) is 22.0 Å². The van der Waals surface area contributed by atoms with Crippen molar-refractivity contribution in [3.8, 4) is 5.75 Å². The van der Waals surface area contributed by atoms with Gasteiger partial charge >= 0.3 is 0 Å². The molecule has 0 fully saturated rings. The Hall–Kier alpha value is -2.14. The van der Waals surface area contributed by atoms with Crippen LogP contribution < -0.4 is 4.90 Å². The molecule has 2 aromatic rings. The van der Waals surface area contributed by atoms with Crippen LogP contribution >= 0.6 is 15.9 Å². The third-order valence-corrected chi connectivity index (χ3v) is 3.95. The highest BCUT2D eigenvalue weighted by molar-refractivity contribution is 9.10. The van der Waals surface area contributed by atoms with Gasteiger partial charge in [-0.2, -0.15) is 0 Å². The predicted octanol–water partition coefficient (Wildman–Crippen LogP) is 4.42. The molecule has 23 heavy (non-hydrogen) atoms. The molecule has 0 aliphatic carbocycles. The van der Waals surface area contributed by atoms with Gasteiger partial charge in [-0.15, -0.1) is 0 Å². The molecule has 120 valence electrons. The Morgan fingerprint density at radius 2 is 1.87 bits per heavy atom. The number of rotatable bonds is 5. The molecule has 0 spiro atoms. The molecule has 0 aromatic heterocycles. The maximum atomic E-state index is 12.7. The second-order valence-electron chi connectivity index (χ2n) is 5.34. The number of aldehydes is 1. The highest BCUT2D eigenvalue weighted by atomic mass is 79.9. The van der Waals surface area contributed by atoms with Crippen molar-refractivity contribution in [3.63, 3.8) is 0 Å². The maximum absolute atomic E-state index is 12.7. The molecule has 0 saturated heterocycles. The van der Waals surface area contributed by atoms with Crippen LogP contribution in [-0.2, 0) is 9.59 Å². The van der Waals surface area contributed by atoms with Crippen LogP contribution in [0.3, 0.4) is 0 Å². The number of phenols is 1. The first-order valence-electron chi connectivity index (χ1n) is 7.26. The fourth-order valence-electron chi connectivity index (χ4n) is 2.58. The highest BCUT2D eigenvalue weighted by Crippen LogP contribution is 2.35. The lowest BCUT2D eigenvalue weighted by Crippen LogP contribution is -2.27. The number of benzene rings is 2. The van der Waals surface area contributed by atoms with Crippen LogP contribution in [0.4, 0.5) is 11.4 Å². The number of hydrogen-bond donors (Lipinski definition) is 1. The Morgan fingerprint density at radius 3 is 2.43 bits per heavy atom. The van der Waals surface area contributed by atoms with Crippen molar-refractivity contribution in [2.45, 2.75) is 26.7 Å². The minimum absolute atomic E-state index is 0.0862. The first kappa shape index (κ1) is 17.2. The number of nitrogens with zero attached hydrogens (tertiary/aromatic N) is 1. The molecule has 2 rings (SSSR count). The molecule has 0 bridgehead atoms. The summed E-state index contributed by atoms with van der Waals surface area (Å²) in [6.07, 6.45) is 1.02. The van der Waals surface area contributed by atoms with Crippen LogP contribution in [-0.4, -0.2) is 17.3 Å². The van der Waals surface area contributed by atoms with E-state index in [1.165, 1.54) is 0 Å². The van der Waals surface area contributed by atoms with Crippen LogP contribution in [0.1, 0.15) is 24.0 Å². The third-order valence-electron chi connectivity index (χ3n) is 3.49. The number of halogens is 1. The van der Waals surface area contributed by atoms with Crippen LogP contribution in [0.15, 0.2) is 40.9 Å². The average molecular weight is 376 g/mol. The quantitative estimate of drug-likeness (QED) is 0.787. The number of carbonyl (C=O) groups is 2. The molecule has 4 nitrogen and oxygen atoms in total. The molecular formula is C18H18BrNO3. The van der Waals surface area contributed by atoms with Gasteiger partial charge < -0.3 is 9.90 Å². The van der Waals surface area contributed by atoms with Crippen molar-refractivity contribution in [2.75, 3.05) is 4.90 Å². The van der Waals surface area contributed by atoms with Gasteiger partial charge in [-0.05, 0) is 49.2 Å². The zero-order chi connectivity index (χ0) is 17.0. The smallest absolute Gasteiger partial charge is 0.231 e. The van der Waals surface area contributed by atoms with E-state index >= 15 is 0 Å². The standard InChI is InChI=1S/C18H18BrNO3/c1-12-9-14(19)10-13(2)18(12)20(17(23)7-4-8-21)15-5-3-6-16(22)11-15/h3,5-6,8-11,22H,4,7H2,1-2H3. The number of anilines is 2. The summed E-state index contributed by atoms with van der Waals surface area (Å²) in [5.74, 6) is -0.0978. The van der Waals surface area contributed by atoms with Crippen molar-refractivity contribution in [1.82, 2.24) is 0 Å². The van der Waals surface area contributed by atoms with Gasteiger partial charge in [0.15, 0.2) is 0 Å². The molecule has 1 N–H and O–H groups in total. The fraction of sp³-hybridized carbons (Fsp3) is 0.222. The fourth-order valence-corrected chi connectivity index (χ4v) is 3.27. The normalized spacial score (nSPS) is 10.4. The van der Waals surface area contributed by atoms with E-state index in [-0.39, 0.29) is 24.5 Å². The van der Waals surface area contributed by atoms with Crippen LogP contribution in [0, 0.1) is 13.8 Å². The molecule has 0 atom stereocenters. The second kappa shape index (κ2) is 7.42. The monoisotopic (exact) mass is 375 g/mol. The lowest BCUT2D eigenvalue weighted by atomic mass is 10.1. The summed E-state index contributed by atoms with van der Waals surface area (Å²) >= 11 is 3.45. The van der Waals surface area contributed by atoms with E-state index in [2.05, 4.69) is 15.9 Å². The van der Waals surface area contributed by atoms with Crippen molar-refractivity contribution in [1.29, 1.82) is 0 Å². The molecule has 0 aliphatic rings. The summed E-state index contributed by atoms with van der Waals surface area (Å²) < 4.78 is 0.937. The average Bonchev–Trinajstić information content (AvgIpc) is 2.48. The molecule has 0 aliphatic heterocycles. The Bertz CT molecular complexity index is 720. The first-order valence-corrected chi connectivity index (χ1v) is 8.05. The van der Waals surface area contributed by atoms with E-state index in [1.807, 2.05) is 26.0 Å². The number of aryl methyl sites for hydroxylation is 2. The number of hydrogen-bond acceptors (Lipinski definition) is 3. The summed E-state index contributed by atoms with van der Waals surface area (Å²) in [6, 6.07) is 10.4. The summed E-state index contributed by atoms with van der Waals surface area (Å²) in [5.41, 5.74) is 3.21. The van der Waals surface area contributed by atoms with Gasteiger partial charge in [-0.3, -0.25) is 9.69 Å². The minimum Gasteiger partial charge on any atom is -0.508 e. The van der Waals surface area contributed by atoms with Gasteiger partial charge in [-0.25, -0.2) is 0 Å². The van der Waals surface area contributed by atoms with Crippen molar-refractivity contribution >= 4 is 39.5 Å². The Labute approximate surface area is 143 Å². The van der Waals surface area contributed by atoms with Crippen LogP contribution in [0.25, 0.3) is 0 Å². The topological polar surface area (TPSA) is 57.6 Å². The Kier molecular flexibility index (Phi) is 5.55. The lowest BCUT2D eigenvalue weighted by Gasteiger charge is -2.27. The lowest BCUT2D eigenvalue weighted by molar-refractivity contribution is -0.119. The van der Waals surface area contributed by atoms with E-state index in [4.69, 9.17) is 0 Å². The minimum atomic E-state index is -0.184. The summed E-state index contributed by atoms with van der Waals surface area (Å²) in [4.78, 5) is 24.9. The molecule has 5 heteroatoms. The van der Waals surface area contributed by atoms with E-state index < -0.39 is 0 Å². The third kappa shape index (κ3) is 3.99. The molecule has 0 saturated carbocycles. The molecule has 2 aromatic carbocycles. The number of phenolic OH excluding ortho intramolecular Hbond substituents is 1. The van der Waals surface area contributed by atoms with Crippen molar-refractivity contribution < 1.29 is 14.7 Å². The summed E-state index contributed by atoms with van der Waals surface area (Å²) in [7, 11) is 0. The summed E-state index contributed by atoms with van der Waals surface area (Å²) in [5, 5.41) is 9.75. The van der Waals surface area contributed by atoms with E-state index in [0.717, 1.165) is 27.6 Å². The molecular weight excluding hydrogens is 358 g/mol. The van der Waals surface area contributed by atoms with Crippen molar-refractivity contribution in [2.24, 2.45) is 0 Å². The van der Waals surface area contributed by atoms with E-state index in [9.17, 15) is 14.7 Å². The van der Waals surface area contributed by atoms with Crippen molar-refractivity contribution in [3.05, 3.63) is 52.0 Å². The van der Waals surface area contributed by atoms with Crippen LogP contribution in [0.5, 0.6) is 5.75 Å². The number of aromatic hydroxyl groups is 1. The van der Waals surface area contributed by atoms with E-state index in [0.29, 0.717) is 5.69 Å². The Morgan fingerprint density at radius 1 is 1.22 bits per heavy atom. The molecule has 0 heterocycles. The van der Waals surface area contributed by atoms with Gasteiger partial charge in [0.1, 0.15) is 12.0 Å². The van der Waals surface area contributed by atoms with Gasteiger partial charge in [0.25, 0.3) is 0 Å². The zero-order valence-corrected chi connectivity index (χ0v) is 14.6. The van der Waals surface area contributed by atoms with Crippen LogP contribution in [0.2, 0.25) is 0 Å². The molecule has 0 unspecified atom stereocenters. The molecule has 1 amide bonds. The zero-order valence-electron chi connectivity index (χ0n) is 13.0. The van der Waals surface area contributed by atoms with Gasteiger partial charge in [0.2, 0.25) is 5.91 Å². The number of amides is 1.